The van der Waals surface area contributed by atoms with Gasteiger partial charge in [-0.3, -0.25) is 4.98 Å². The lowest BCUT2D eigenvalue weighted by Gasteiger charge is -2.21. The number of carboxylic acid groups (broad SMARTS) is 1. The highest BCUT2D eigenvalue weighted by molar-refractivity contribution is 8.01. The maximum atomic E-state index is 12.3. The lowest BCUT2D eigenvalue weighted by Crippen LogP contribution is -2.09. The fourth-order valence-corrected chi connectivity index (χ4v) is 6.68. The molecule has 164 valence electrons. The molecule has 1 aromatic carbocycles. The molecule has 0 spiro atoms. The number of nitriles is 1. The summed E-state index contributed by atoms with van der Waals surface area (Å²) < 4.78 is 2.29. The van der Waals surface area contributed by atoms with E-state index in [1.165, 1.54) is 28.4 Å². The molecule has 33 heavy (non-hydrogen) atoms. The van der Waals surface area contributed by atoms with Crippen LogP contribution in [-0.2, 0) is 0 Å². The quantitative estimate of drug-likeness (QED) is 0.337. The van der Waals surface area contributed by atoms with Gasteiger partial charge in [-0.2, -0.15) is 15.0 Å². The van der Waals surface area contributed by atoms with E-state index in [2.05, 4.69) is 17.0 Å². The first-order valence-electron chi connectivity index (χ1n) is 9.64. The number of rotatable bonds is 3. The lowest BCUT2D eigenvalue weighted by atomic mass is 10.0. The summed E-state index contributed by atoms with van der Waals surface area (Å²) in [5.74, 6) is -1.16. The van der Waals surface area contributed by atoms with Crippen LogP contribution in [0.25, 0.3) is 27.5 Å². The molecule has 5 rings (SSSR count). The SMILES string of the molecule is Cc1nn(-c2nc3c(s2)SC(C)c2cc(Cl)c(Cl)cc2-3)c(C(=O)O)c1-c1cncc(C#N)c1. The highest BCUT2D eigenvalue weighted by Gasteiger charge is 2.31. The number of halogens is 2. The Bertz CT molecular complexity index is 1510. The van der Waals surface area contributed by atoms with Crippen LogP contribution in [0.3, 0.4) is 0 Å². The standard InChI is InChI=1S/C22H13Cl2N5O2S2/c1-9-17(12-3-11(6-25)7-26-8-12)19(20(30)31)29(28-9)22-27-18-14-5-16(24)15(23)4-13(14)10(2)32-21(18)33-22/h3-5,7-8,10H,1-2H3,(H,30,31). The monoisotopic (exact) mass is 513 g/mol. The molecule has 0 saturated heterocycles. The molecule has 4 aromatic rings. The molecule has 7 nitrogen and oxygen atoms in total. The molecular formula is C22H13Cl2N5O2S2. The molecule has 1 aliphatic rings. The average molecular weight is 514 g/mol. The Morgan fingerprint density at radius 3 is 2.73 bits per heavy atom. The van der Waals surface area contributed by atoms with E-state index in [9.17, 15) is 15.2 Å². The molecule has 4 heterocycles. The number of hydrogen-bond donors (Lipinski definition) is 1. The molecule has 1 unspecified atom stereocenters. The van der Waals surface area contributed by atoms with E-state index < -0.39 is 5.97 Å². The van der Waals surface area contributed by atoms with Crippen molar-refractivity contribution in [3.8, 4) is 33.6 Å². The van der Waals surface area contributed by atoms with Gasteiger partial charge in [0.1, 0.15) is 6.07 Å². The van der Waals surface area contributed by atoms with Gasteiger partial charge in [-0.15, -0.1) is 11.8 Å². The number of thiazole rings is 1. The summed E-state index contributed by atoms with van der Waals surface area (Å²) in [6.45, 7) is 3.79. The summed E-state index contributed by atoms with van der Waals surface area (Å²) >= 11 is 15.5. The van der Waals surface area contributed by atoms with Crippen molar-refractivity contribution in [1.82, 2.24) is 19.7 Å². The zero-order chi connectivity index (χ0) is 23.4. The molecule has 1 atom stereocenters. The summed E-state index contributed by atoms with van der Waals surface area (Å²) in [5.41, 5.74) is 4.32. The number of aryl methyl sites for hydroxylation is 1. The summed E-state index contributed by atoms with van der Waals surface area (Å²) in [5, 5.41) is 25.3. The maximum absolute atomic E-state index is 12.3. The molecule has 3 aromatic heterocycles. The largest absolute Gasteiger partial charge is 0.476 e. The van der Waals surface area contributed by atoms with Gasteiger partial charge in [0.25, 0.3) is 0 Å². The van der Waals surface area contributed by atoms with Crippen LogP contribution in [-0.4, -0.2) is 30.8 Å². The van der Waals surface area contributed by atoms with Gasteiger partial charge in [-0.1, -0.05) is 34.5 Å². The molecule has 0 fully saturated rings. The van der Waals surface area contributed by atoms with E-state index in [0.717, 1.165) is 21.0 Å². The third-order valence-corrected chi connectivity index (χ3v) is 8.36. The zero-order valence-corrected chi connectivity index (χ0v) is 20.3. The van der Waals surface area contributed by atoms with Crippen LogP contribution in [0.1, 0.15) is 39.5 Å². The first-order valence-corrected chi connectivity index (χ1v) is 12.1. The van der Waals surface area contributed by atoms with Crippen molar-refractivity contribution in [1.29, 1.82) is 5.26 Å². The molecular weight excluding hydrogens is 501 g/mol. The van der Waals surface area contributed by atoms with Crippen molar-refractivity contribution >= 4 is 52.3 Å². The predicted octanol–water partition coefficient (Wildman–Crippen LogP) is 6.41. The molecule has 0 amide bonds. The topological polar surface area (TPSA) is 105 Å². The van der Waals surface area contributed by atoms with Crippen LogP contribution in [0.5, 0.6) is 0 Å². The number of hydrogen-bond acceptors (Lipinski definition) is 7. The van der Waals surface area contributed by atoms with Gasteiger partial charge >= 0.3 is 5.97 Å². The summed E-state index contributed by atoms with van der Waals surface area (Å²) in [7, 11) is 0. The number of thioether (sulfide) groups is 1. The average Bonchev–Trinajstić information content (AvgIpc) is 3.36. The summed E-state index contributed by atoms with van der Waals surface area (Å²) in [4.78, 5) is 21.1. The molecule has 11 heteroatoms. The number of aromatic carboxylic acids is 1. The smallest absolute Gasteiger partial charge is 0.355 e. The molecule has 1 N–H and O–H groups in total. The number of benzene rings is 1. The molecule has 0 bridgehead atoms. The van der Waals surface area contributed by atoms with Gasteiger partial charge in [0.15, 0.2) is 5.69 Å². The van der Waals surface area contributed by atoms with Crippen LogP contribution in [0.15, 0.2) is 34.8 Å². The molecule has 0 saturated carbocycles. The van der Waals surface area contributed by atoms with Crippen molar-refractivity contribution in [3.63, 3.8) is 0 Å². The Morgan fingerprint density at radius 1 is 1.24 bits per heavy atom. The van der Waals surface area contributed by atoms with E-state index >= 15 is 0 Å². The van der Waals surface area contributed by atoms with Gasteiger partial charge in [0.05, 0.1) is 31.2 Å². The minimum Gasteiger partial charge on any atom is -0.476 e. The second-order valence-corrected chi connectivity index (χ2v) is 10.7. The highest BCUT2D eigenvalue weighted by atomic mass is 35.5. The van der Waals surface area contributed by atoms with Crippen LogP contribution < -0.4 is 0 Å². The number of nitrogens with zero attached hydrogens (tertiary/aromatic N) is 5. The van der Waals surface area contributed by atoms with Gasteiger partial charge < -0.3 is 5.11 Å². The summed E-state index contributed by atoms with van der Waals surface area (Å²) in [6.07, 6.45) is 2.94. The Labute approximate surface area is 206 Å². The van der Waals surface area contributed by atoms with Crippen molar-refractivity contribution in [3.05, 3.63) is 63.2 Å². The predicted molar refractivity (Wildman–Crippen MR) is 129 cm³/mol. The van der Waals surface area contributed by atoms with Gasteiger partial charge in [0.2, 0.25) is 5.13 Å². The minimum atomic E-state index is -1.16. The Morgan fingerprint density at radius 2 is 2.00 bits per heavy atom. The molecule has 1 aliphatic heterocycles. The van der Waals surface area contributed by atoms with E-state index in [1.807, 2.05) is 12.1 Å². The van der Waals surface area contributed by atoms with Gasteiger partial charge in [-0.05, 0) is 37.6 Å². The van der Waals surface area contributed by atoms with Crippen molar-refractivity contribution in [2.75, 3.05) is 0 Å². The Kier molecular flexibility index (Phi) is 5.41. The van der Waals surface area contributed by atoms with Crippen molar-refractivity contribution < 1.29 is 9.90 Å². The van der Waals surface area contributed by atoms with Crippen molar-refractivity contribution in [2.24, 2.45) is 0 Å². The number of pyridine rings is 1. The fraction of sp³-hybridized carbons (Fsp3) is 0.136. The van der Waals surface area contributed by atoms with Gasteiger partial charge in [0, 0.05) is 34.3 Å². The number of carboxylic acids is 1. The van der Waals surface area contributed by atoms with Crippen LogP contribution >= 0.6 is 46.3 Å². The lowest BCUT2D eigenvalue weighted by molar-refractivity contribution is 0.0688. The maximum Gasteiger partial charge on any atom is 0.355 e. The first kappa shape index (κ1) is 21.9. The second kappa shape index (κ2) is 8.15. The van der Waals surface area contributed by atoms with Gasteiger partial charge in [-0.25, -0.2) is 9.78 Å². The third-order valence-electron chi connectivity index (χ3n) is 5.25. The zero-order valence-electron chi connectivity index (χ0n) is 17.1. The van der Waals surface area contributed by atoms with E-state index in [1.54, 1.807) is 30.8 Å². The number of aromatic nitrogens is 4. The number of fused-ring (bicyclic) bond motifs is 3. The van der Waals surface area contributed by atoms with E-state index in [0.29, 0.717) is 37.6 Å². The molecule has 0 radical (unpaired) electrons. The fourth-order valence-electron chi connectivity index (χ4n) is 3.81. The van der Waals surface area contributed by atoms with Crippen molar-refractivity contribution in [2.45, 2.75) is 23.3 Å². The third kappa shape index (κ3) is 3.60. The van der Waals surface area contributed by atoms with Crippen LogP contribution in [0.2, 0.25) is 10.0 Å². The van der Waals surface area contributed by atoms with E-state index in [4.69, 9.17) is 28.2 Å². The Balaban J connectivity index is 1.70. The number of carbonyl (C=O) groups is 1. The second-order valence-electron chi connectivity index (χ2n) is 7.35. The molecule has 0 aliphatic carbocycles. The Hall–Kier alpha value is -2.90. The first-order chi connectivity index (χ1) is 15.8. The summed E-state index contributed by atoms with van der Waals surface area (Å²) in [6, 6.07) is 7.28. The highest BCUT2D eigenvalue weighted by Crippen LogP contribution is 2.53. The van der Waals surface area contributed by atoms with Crippen LogP contribution in [0, 0.1) is 18.3 Å². The minimum absolute atomic E-state index is 0.0390. The van der Waals surface area contributed by atoms with Crippen LogP contribution in [0.4, 0.5) is 0 Å². The normalized spacial score (nSPS) is 14.5. The van der Waals surface area contributed by atoms with E-state index in [-0.39, 0.29) is 10.9 Å².